The average Bonchev–Trinajstić information content (AvgIpc) is 2.59. The monoisotopic (exact) mass is 346 g/mol. The molecule has 0 bridgehead atoms. The van der Waals surface area contributed by atoms with Gasteiger partial charge in [-0.1, -0.05) is 44.2 Å². The Bertz CT molecular complexity index is 518. The lowest BCUT2D eigenvalue weighted by atomic mass is 10.2. The predicted molar refractivity (Wildman–Crippen MR) is 105 cm³/mol. The fraction of sp³-hybridized carbons (Fsp3) is 0.650. The summed E-state index contributed by atoms with van der Waals surface area (Å²) in [5.74, 6) is 1.63. The van der Waals surface area contributed by atoms with Crippen LogP contribution in [0.15, 0.2) is 35.3 Å². The van der Waals surface area contributed by atoms with Crippen molar-refractivity contribution in [2.45, 2.75) is 33.4 Å². The molecule has 0 radical (unpaired) electrons. The standard InChI is InChI=1S/C20H34N4O/c1-5-21-20(23(4)15-18-9-7-6-8-10-18)22-13-19-16-24(11-12-25-19)14-17(2)3/h6-10,17,19H,5,11-16H2,1-4H3,(H,21,22). The lowest BCUT2D eigenvalue weighted by Crippen LogP contribution is -2.46. The van der Waals surface area contributed by atoms with Gasteiger partial charge in [-0.15, -0.1) is 0 Å². The molecule has 0 amide bonds. The summed E-state index contributed by atoms with van der Waals surface area (Å²) in [5, 5.41) is 3.39. The molecule has 25 heavy (non-hydrogen) atoms. The van der Waals surface area contributed by atoms with Gasteiger partial charge in [-0.3, -0.25) is 9.89 Å². The smallest absolute Gasteiger partial charge is 0.194 e. The number of rotatable bonds is 7. The highest BCUT2D eigenvalue weighted by molar-refractivity contribution is 5.79. The second kappa shape index (κ2) is 10.4. The van der Waals surface area contributed by atoms with E-state index in [9.17, 15) is 0 Å². The van der Waals surface area contributed by atoms with Crippen molar-refractivity contribution in [2.75, 3.05) is 46.4 Å². The summed E-state index contributed by atoms with van der Waals surface area (Å²) in [6.45, 7) is 13.0. The minimum absolute atomic E-state index is 0.186. The van der Waals surface area contributed by atoms with Gasteiger partial charge in [0.05, 0.1) is 19.3 Å². The number of ether oxygens (including phenoxy) is 1. The summed E-state index contributed by atoms with van der Waals surface area (Å²) in [4.78, 5) is 9.50. The van der Waals surface area contributed by atoms with E-state index in [0.29, 0.717) is 12.5 Å². The molecule has 5 heteroatoms. The maximum Gasteiger partial charge on any atom is 0.194 e. The van der Waals surface area contributed by atoms with E-state index in [2.05, 4.69) is 67.2 Å². The third-order valence-electron chi connectivity index (χ3n) is 4.25. The second-order valence-electron chi connectivity index (χ2n) is 7.18. The zero-order chi connectivity index (χ0) is 18.1. The van der Waals surface area contributed by atoms with Crippen molar-refractivity contribution >= 4 is 5.96 Å². The van der Waals surface area contributed by atoms with Gasteiger partial charge in [-0.25, -0.2) is 0 Å². The zero-order valence-electron chi connectivity index (χ0n) is 16.2. The van der Waals surface area contributed by atoms with E-state index >= 15 is 0 Å². The minimum Gasteiger partial charge on any atom is -0.374 e. The van der Waals surface area contributed by atoms with E-state index < -0.39 is 0 Å². The van der Waals surface area contributed by atoms with Crippen LogP contribution < -0.4 is 5.32 Å². The first-order chi connectivity index (χ1) is 12.1. The maximum absolute atomic E-state index is 5.92. The van der Waals surface area contributed by atoms with Crippen molar-refractivity contribution in [3.63, 3.8) is 0 Å². The van der Waals surface area contributed by atoms with Crippen molar-refractivity contribution in [2.24, 2.45) is 10.9 Å². The van der Waals surface area contributed by atoms with Gasteiger partial charge in [0.1, 0.15) is 0 Å². The summed E-state index contributed by atoms with van der Waals surface area (Å²) >= 11 is 0. The second-order valence-corrected chi connectivity index (χ2v) is 7.18. The molecule has 1 fully saturated rings. The van der Waals surface area contributed by atoms with E-state index in [1.807, 2.05) is 6.07 Å². The number of morpholine rings is 1. The van der Waals surface area contributed by atoms with Gasteiger partial charge < -0.3 is 15.0 Å². The Morgan fingerprint density at radius 1 is 1.36 bits per heavy atom. The molecular formula is C20H34N4O. The fourth-order valence-corrected chi connectivity index (χ4v) is 3.16. The van der Waals surface area contributed by atoms with Crippen LogP contribution in [0, 0.1) is 5.92 Å². The Morgan fingerprint density at radius 2 is 2.12 bits per heavy atom. The van der Waals surface area contributed by atoms with Crippen LogP contribution in [-0.4, -0.2) is 68.2 Å². The third-order valence-corrected chi connectivity index (χ3v) is 4.25. The van der Waals surface area contributed by atoms with Crippen LogP contribution in [0.3, 0.4) is 0 Å². The summed E-state index contributed by atoms with van der Waals surface area (Å²) in [6, 6.07) is 10.5. The molecule has 2 rings (SSSR count). The van der Waals surface area contributed by atoms with Crippen molar-refractivity contribution < 1.29 is 4.74 Å². The largest absolute Gasteiger partial charge is 0.374 e. The maximum atomic E-state index is 5.92. The van der Waals surface area contributed by atoms with Crippen molar-refractivity contribution in [1.82, 2.24) is 15.1 Å². The summed E-state index contributed by atoms with van der Waals surface area (Å²) in [7, 11) is 2.08. The number of nitrogens with zero attached hydrogens (tertiary/aromatic N) is 3. The average molecular weight is 347 g/mol. The van der Waals surface area contributed by atoms with Gasteiger partial charge >= 0.3 is 0 Å². The van der Waals surface area contributed by atoms with Gasteiger partial charge in [-0.05, 0) is 18.4 Å². The molecule has 1 unspecified atom stereocenters. The van der Waals surface area contributed by atoms with E-state index in [4.69, 9.17) is 9.73 Å². The minimum atomic E-state index is 0.186. The molecule has 5 nitrogen and oxygen atoms in total. The van der Waals surface area contributed by atoms with Gasteiger partial charge in [0.15, 0.2) is 5.96 Å². The number of nitrogens with one attached hydrogen (secondary N) is 1. The first-order valence-corrected chi connectivity index (χ1v) is 9.45. The van der Waals surface area contributed by atoms with Crippen molar-refractivity contribution in [3.05, 3.63) is 35.9 Å². The van der Waals surface area contributed by atoms with Gasteiger partial charge in [0.25, 0.3) is 0 Å². The van der Waals surface area contributed by atoms with Crippen LogP contribution in [0.25, 0.3) is 0 Å². The fourth-order valence-electron chi connectivity index (χ4n) is 3.16. The van der Waals surface area contributed by atoms with E-state index in [-0.39, 0.29) is 6.10 Å². The van der Waals surface area contributed by atoms with Gasteiger partial charge in [0.2, 0.25) is 0 Å². The molecule has 1 aliphatic heterocycles. The highest BCUT2D eigenvalue weighted by atomic mass is 16.5. The molecule has 0 spiro atoms. The zero-order valence-corrected chi connectivity index (χ0v) is 16.2. The predicted octanol–water partition coefficient (Wildman–Crippen LogP) is 2.44. The number of hydrogen-bond donors (Lipinski definition) is 1. The van der Waals surface area contributed by atoms with Crippen LogP contribution in [-0.2, 0) is 11.3 Å². The highest BCUT2D eigenvalue weighted by Gasteiger charge is 2.21. The molecule has 1 heterocycles. The summed E-state index contributed by atoms with van der Waals surface area (Å²) in [5.41, 5.74) is 1.28. The highest BCUT2D eigenvalue weighted by Crippen LogP contribution is 2.09. The van der Waals surface area contributed by atoms with Crippen LogP contribution in [0.1, 0.15) is 26.3 Å². The molecule has 1 aromatic carbocycles. The lowest BCUT2D eigenvalue weighted by Gasteiger charge is -2.33. The number of benzene rings is 1. The Morgan fingerprint density at radius 3 is 2.80 bits per heavy atom. The van der Waals surface area contributed by atoms with Crippen LogP contribution in [0.2, 0.25) is 0 Å². The Balaban J connectivity index is 1.91. The number of hydrogen-bond acceptors (Lipinski definition) is 3. The first kappa shape index (κ1) is 19.7. The van der Waals surface area contributed by atoms with Gasteiger partial charge in [-0.2, -0.15) is 0 Å². The lowest BCUT2D eigenvalue weighted by molar-refractivity contribution is -0.0262. The first-order valence-electron chi connectivity index (χ1n) is 9.45. The molecule has 1 saturated heterocycles. The molecule has 1 atom stereocenters. The van der Waals surface area contributed by atoms with Crippen LogP contribution in [0.5, 0.6) is 0 Å². The molecule has 1 aliphatic rings. The molecule has 0 saturated carbocycles. The topological polar surface area (TPSA) is 40.1 Å². The normalized spacial score (nSPS) is 19.2. The molecule has 1 aromatic rings. The quantitative estimate of drug-likeness (QED) is 0.608. The molecule has 1 N–H and O–H groups in total. The Hall–Kier alpha value is -1.59. The Kier molecular flexibility index (Phi) is 8.22. The summed E-state index contributed by atoms with van der Waals surface area (Å²) in [6.07, 6.45) is 0.186. The van der Waals surface area contributed by atoms with Crippen molar-refractivity contribution in [3.8, 4) is 0 Å². The summed E-state index contributed by atoms with van der Waals surface area (Å²) < 4.78 is 5.92. The van der Waals surface area contributed by atoms with Gasteiger partial charge in [0, 0.05) is 39.8 Å². The molecule has 0 aromatic heterocycles. The van der Waals surface area contributed by atoms with E-state index in [0.717, 1.165) is 45.3 Å². The van der Waals surface area contributed by atoms with E-state index in [1.54, 1.807) is 0 Å². The molecule has 140 valence electrons. The van der Waals surface area contributed by atoms with Crippen LogP contribution >= 0.6 is 0 Å². The SMILES string of the molecule is CCNC(=NCC1CN(CC(C)C)CCO1)N(C)Cc1ccccc1. The van der Waals surface area contributed by atoms with Crippen LogP contribution in [0.4, 0.5) is 0 Å². The Labute approximate surface area is 153 Å². The van der Waals surface area contributed by atoms with E-state index in [1.165, 1.54) is 5.56 Å². The number of aliphatic imine (C=N–C) groups is 1. The number of guanidine groups is 1. The molecular weight excluding hydrogens is 312 g/mol. The molecule has 0 aliphatic carbocycles. The van der Waals surface area contributed by atoms with Crippen molar-refractivity contribution in [1.29, 1.82) is 0 Å². The third kappa shape index (κ3) is 7.04.